The van der Waals surface area contributed by atoms with E-state index in [2.05, 4.69) is 21.2 Å². The molecule has 1 atom stereocenters. The summed E-state index contributed by atoms with van der Waals surface area (Å²) in [4.78, 5) is 22.0. The van der Waals surface area contributed by atoms with E-state index in [1.54, 1.807) is 0 Å². The van der Waals surface area contributed by atoms with Gasteiger partial charge < -0.3 is 10.4 Å². The Bertz CT molecular complexity index is 479. The van der Waals surface area contributed by atoms with Gasteiger partial charge in [-0.1, -0.05) is 13.3 Å². The zero-order valence-electron chi connectivity index (χ0n) is 10.4. The van der Waals surface area contributed by atoms with E-state index in [-0.39, 0.29) is 17.8 Å². The standard InChI is InChI=1S/C12H15BrN2O4/c1-2-3-9(16)7-14-12(17)10-6-8(15(18)19)4-5-11(10)13/h4-6,9,16H,2-3,7H2,1H3,(H,14,17). The Kier molecular flexibility index (Phi) is 5.91. The minimum Gasteiger partial charge on any atom is -0.391 e. The molecule has 0 aliphatic rings. The Morgan fingerprint density at radius 2 is 2.26 bits per heavy atom. The number of nitrogens with one attached hydrogen (secondary N) is 1. The highest BCUT2D eigenvalue weighted by Gasteiger charge is 2.16. The summed E-state index contributed by atoms with van der Waals surface area (Å²) >= 11 is 3.17. The predicted octanol–water partition coefficient (Wildman–Crippen LogP) is 2.25. The quantitative estimate of drug-likeness (QED) is 0.618. The van der Waals surface area contributed by atoms with Crippen LogP contribution in [0.15, 0.2) is 22.7 Å². The van der Waals surface area contributed by atoms with Crippen LogP contribution >= 0.6 is 15.9 Å². The van der Waals surface area contributed by atoms with E-state index in [9.17, 15) is 20.0 Å². The van der Waals surface area contributed by atoms with Crippen molar-refractivity contribution in [3.05, 3.63) is 38.3 Å². The number of amides is 1. The van der Waals surface area contributed by atoms with Crippen LogP contribution < -0.4 is 5.32 Å². The summed E-state index contributed by atoms with van der Waals surface area (Å²) in [5.41, 5.74) is 0.0281. The highest BCUT2D eigenvalue weighted by atomic mass is 79.9. The number of rotatable bonds is 6. The number of hydrogen-bond donors (Lipinski definition) is 2. The molecule has 1 unspecified atom stereocenters. The molecular formula is C12H15BrN2O4. The van der Waals surface area contributed by atoms with E-state index in [1.165, 1.54) is 18.2 Å². The van der Waals surface area contributed by atoms with Crippen LogP contribution in [-0.2, 0) is 0 Å². The molecule has 0 spiro atoms. The molecule has 0 aliphatic carbocycles. The lowest BCUT2D eigenvalue weighted by Gasteiger charge is -2.11. The first kappa shape index (κ1) is 15.6. The van der Waals surface area contributed by atoms with Gasteiger partial charge in [0.2, 0.25) is 0 Å². The molecule has 0 aromatic heterocycles. The molecule has 0 aliphatic heterocycles. The number of halogens is 1. The molecule has 0 radical (unpaired) electrons. The zero-order valence-corrected chi connectivity index (χ0v) is 12.0. The molecule has 1 rings (SSSR count). The maximum absolute atomic E-state index is 11.9. The van der Waals surface area contributed by atoms with Crippen molar-refractivity contribution in [2.45, 2.75) is 25.9 Å². The smallest absolute Gasteiger partial charge is 0.270 e. The zero-order chi connectivity index (χ0) is 14.4. The van der Waals surface area contributed by atoms with Crippen molar-refractivity contribution in [1.82, 2.24) is 5.32 Å². The van der Waals surface area contributed by atoms with Gasteiger partial charge >= 0.3 is 0 Å². The average Bonchev–Trinajstić information content (AvgIpc) is 2.36. The third-order valence-electron chi connectivity index (χ3n) is 2.53. The first-order valence-corrected chi connectivity index (χ1v) is 6.65. The van der Waals surface area contributed by atoms with Crippen LogP contribution in [-0.4, -0.2) is 28.6 Å². The van der Waals surface area contributed by atoms with Gasteiger partial charge in [0.25, 0.3) is 11.6 Å². The second-order valence-corrected chi connectivity index (χ2v) is 4.93. The van der Waals surface area contributed by atoms with E-state index in [4.69, 9.17) is 0 Å². The third kappa shape index (κ3) is 4.60. The van der Waals surface area contributed by atoms with Crippen LogP contribution in [0.1, 0.15) is 30.1 Å². The number of hydrogen-bond acceptors (Lipinski definition) is 4. The maximum atomic E-state index is 11.9. The van der Waals surface area contributed by atoms with Gasteiger partial charge in [0.15, 0.2) is 0 Å². The van der Waals surface area contributed by atoms with Gasteiger partial charge in [-0.3, -0.25) is 14.9 Å². The molecule has 19 heavy (non-hydrogen) atoms. The molecule has 6 nitrogen and oxygen atoms in total. The van der Waals surface area contributed by atoms with Crippen molar-refractivity contribution >= 4 is 27.5 Å². The molecule has 0 bridgehead atoms. The fraction of sp³-hybridized carbons (Fsp3) is 0.417. The average molecular weight is 331 g/mol. The summed E-state index contributed by atoms with van der Waals surface area (Å²) in [7, 11) is 0. The second-order valence-electron chi connectivity index (χ2n) is 4.07. The Morgan fingerprint density at radius 3 is 2.84 bits per heavy atom. The summed E-state index contributed by atoms with van der Waals surface area (Å²) < 4.78 is 0.473. The minimum absolute atomic E-state index is 0.127. The van der Waals surface area contributed by atoms with Crippen molar-refractivity contribution in [3.8, 4) is 0 Å². The summed E-state index contributed by atoms with van der Waals surface area (Å²) in [5.74, 6) is -0.453. The fourth-order valence-corrected chi connectivity index (χ4v) is 1.97. The second kappa shape index (κ2) is 7.20. The van der Waals surface area contributed by atoms with Crippen LogP contribution in [0.2, 0.25) is 0 Å². The Labute approximate surface area is 119 Å². The molecule has 2 N–H and O–H groups in total. The molecule has 1 aromatic carbocycles. The number of carbonyl (C=O) groups is 1. The first-order valence-electron chi connectivity index (χ1n) is 5.86. The van der Waals surface area contributed by atoms with Crippen molar-refractivity contribution in [2.24, 2.45) is 0 Å². The van der Waals surface area contributed by atoms with Crippen molar-refractivity contribution in [3.63, 3.8) is 0 Å². The van der Waals surface area contributed by atoms with Gasteiger partial charge in [-0.2, -0.15) is 0 Å². The number of carbonyl (C=O) groups excluding carboxylic acids is 1. The van der Waals surface area contributed by atoms with Crippen LogP contribution in [0.4, 0.5) is 5.69 Å². The van der Waals surface area contributed by atoms with Crippen molar-refractivity contribution < 1.29 is 14.8 Å². The first-order chi connectivity index (χ1) is 8.95. The molecular weight excluding hydrogens is 316 g/mol. The number of aliphatic hydroxyl groups excluding tert-OH is 1. The van der Waals surface area contributed by atoms with Gasteiger partial charge in [-0.15, -0.1) is 0 Å². The molecule has 104 valence electrons. The summed E-state index contributed by atoms with van der Waals surface area (Å²) in [6.45, 7) is 2.06. The number of nitrogens with zero attached hydrogens (tertiary/aromatic N) is 1. The van der Waals surface area contributed by atoms with Gasteiger partial charge in [0, 0.05) is 23.2 Å². The Hall–Kier alpha value is -1.47. The number of aliphatic hydroxyl groups is 1. The molecule has 1 aromatic rings. The number of benzene rings is 1. The van der Waals surface area contributed by atoms with Gasteiger partial charge in [0.05, 0.1) is 16.6 Å². The minimum atomic E-state index is -0.605. The van der Waals surface area contributed by atoms with E-state index in [0.717, 1.165) is 6.42 Å². The maximum Gasteiger partial charge on any atom is 0.270 e. The largest absolute Gasteiger partial charge is 0.391 e. The van der Waals surface area contributed by atoms with Gasteiger partial charge in [-0.05, 0) is 28.4 Å². The lowest BCUT2D eigenvalue weighted by molar-refractivity contribution is -0.384. The fourth-order valence-electron chi connectivity index (χ4n) is 1.54. The van der Waals surface area contributed by atoms with Crippen molar-refractivity contribution in [1.29, 1.82) is 0 Å². The van der Waals surface area contributed by atoms with Crippen LogP contribution in [0.5, 0.6) is 0 Å². The van der Waals surface area contributed by atoms with E-state index in [1.807, 2.05) is 6.92 Å². The lowest BCUT2D eigenvalue weighted by atomic mass is 10.1. The highest BCUT2D eigenvalue weighted by Crippen LogP contribution is 2.22. The Morgan fingerprint density at radius 1 is 1.58 bits per heavy atom. The number of non-ortho nitro benzene ring substituents is 1. The predicted molar refractivity (Wildman–Crippen MR) is 74.0 cm³/mol. The van der Waals surface area contributed by atoms with Crippen molar-refractivity contribution in [2.75, 3.05) is 6.54 Å². The molecule has 0 saturated carbocycles. The molecule has 1 amide bonds. The number of nitro benzene ring substituents is 1. The molecule has 7 heteroatoms. The third-order valence-corrected chi connectivity index (χ3v) is 3.22. The summed E-state index contributed by atoms with van der Waals surface area (Å²) in [5, 5.41) is 22.7. The topological polar surface area (TPSA) is 92.5 Å². The van der Waals surface area contributed by atoms with E-state index >= 15 is 0 Å². The monoisotopic (exact) mass is 330 g/mol. The summed E-state index contributed by atoms with van der Waals surface area (Å²) in [6, 6.07) is 3.97. The Balaban J connectivity index is 2.76. The lowest BCUT2D eigenvalue weighted by Crippen LogP contribution is -2.32. The molecule has 0 fully saturated rings. The highest BCUT2D eigenvalue weighted by molar-refractivity contribution is 9.10. The SMILES string of the molecule is CCCC(O)CNC(=O)c1cc([N+](=O)[O-])ccc1Br. The molecule has 0 heterocycles. The number of nitro groups is 1. The van der Waals surface area contributed by atoms with Crippen LogP contribution in [0.3, 0.4) is 0 Å². The summed E-state index contributed by atoms with van der Waals surface area (Å²) in [6.07, 6.45) is 0.805. The van der Waals surface area contributed by atoms with E-state index < -0.39 is 16.9 Å². The molecule has 0 saturated heterocycles. The van der Waals surface area contributed by atoms with Gasteiger partial charge in [0.1, 0.15) is 0 Å². The van der Waals surface area contributed by atoms with E-state index in [0.29, 0.717) is 10.9 Å². The van der Waals surface area contributed by atoms with Gasteiger partial charge in [-0.25, -0.2) is 0 Å². The normalized spacial score (nSPS) is 11.9. The van der Waals surface area contributed by atoms with Crippen LogP contribution in [0, 0.1) is 10.1 Å². The van der Waals surface area contributed by atoms with Crippen LogP contribution in [0.25, 0.3) is 0 Å².